The fourth-order valence-corrected chi connectivity index (χ4v) is 3.96. The fourth-order valence-electron chi connectivity index (χ4n) is 3.81. The lowest BCUT2D eigenvalue weighted by Crippen LogP contribution is -2.36. The standard InChI is InChI=1S/C21H20N4O2.C7H8S/c22-12-17-11-16(3-4-20(17)26)19-14-24-21-18(19)10-15(13-23-21)2-1-5-25-6-8-27-9-7-25;1-6-2-4-7(8)5-3-6/h1-4,10-11,13-14,26H,5-9H2,(H,23,24);2-5,8H,1H3/b2-1+;. The molecule has 0 radical (unpaired) electrons. The number of thiol groups is 1. The summed E-state index contributed by atoms with van der Waals surface area (Å²) in [6.07, 6.45) is 7.95. The van der Waals surface area contributed by atoms with E-state index in [9.17, 15) is 5.11 Å². The molecule has 7 heteroatoms. The number of phenolic OH excluding ortho intramolecular Hbond substituents is 1. The lowest BCUT2D eigenvalue weighted by molar-refractivity contribution is 0.0435. The van der Waals surface area contributed by atoms with E-state index in [0.717, 1.165) is 65.5 Å². The Bertz CT molecular complexity index is 1330. The van der Waals surface area contributed by atoms with E-state index < -0.39 is 0 Å². The molecule has 6 nitrogen and oxygen atoms in total. The average molecular weight is 485 g/mol. The zero-order valence-electron chi connectivity index (χ0n) is 19.6. The van der Waals surface area contributed by atoms with Gasteiger partial charge in [0, 0.05) is 47.9 Å². The highest BCUT2D eigenvalue weighted by Gasteiger charge is 2.11. The van der Waals surface area contributed by atoms with Gasteiger partial charge in [0.1, 0.15) is 17.5 Å². The zero-order valence-corrected chi connectivity index (χ0v) is 20.5. The number of fused-ring (bicyclic) bond motifs is 1. The van der Waals surface area contributed by atoms with Crippen LogP contribution in [-0.4, -0.2) is 52.8 Å². The Labute approximate surface area is 210 Å². The van der Waals surface area contributed by atoms with E-state index in [-0.39, 0.29) is 11.3 Å². The van der Waals surface area contributed by atoms with Crippen molar-refractivity contribution in [2.45, 2.75) is 11.8 Å². The largest absolute Gasteiger partial charge is 0.507 e. The van der Waals surface area contributed by atoms with Crippen LogP contribution in [0.4, 0.5) is 0 Å². The first-order valence-corrected chi connectivity index (χ1v) is 11.9. The van der Waals surface area contributed by atoms with Gasteiger partial charge in [0.2, 0.25) is 0 Å². The Kier molecular flexibility index (Phi) is 8.22. The quantitative estimate of drug-likeness (QED) is 0.336. The number of nitrogens with zero attached hydrogens (tertiary/aromatic N) is 3. The molecule has 0 aliphatic carbocycles. The van der Waals surface area contributed by atoms with Gasteiger partial charge in [-0.3, -0.25) is 4.90 Å². The smallest absolute Gasteiger partial charge is 0.137 e. The summed E-state index contributed by atoms with van der Waals surface area (Å²) in [5, 5.41) is 19.9. The number of hydrogen-bond donors (Lipinski definition) is 3. The van der Waals surface area contributed by atoms with Crippen molar-refractivity contribution in [1.29, 1.82) is 5.26 Å². The van der Waals surface area contributed by atoms with E-state index in [2.05, 4.69) is 52.6 Å². The number of H-pyrrole nitrogens is 1. The van der Waals surface area contributed by atoms with Crippen molar-refractivity contribution in [2.75, 3.05) is 32.8 Å². The maximum absolute atomic E-state index is 9.73. The van der Waals surface area contributed by atoms with Crippen molar-refractivity contribution in [3.63, 3.8) is 0 Å². The molecule has 0 bridgehead atoms. The normalized spacial score (nSPS) is 14.0. The second kappa shape index (κ2) is 11.7. The molecule has 1 fully saturated rings. The Morgan fingerprint density at radius 2 is 1.94 bits per heavy atom. The molecule has 1 aliphatic rings. The van der Waals surface area contributed by atoms with Crippen LogP contribution in [0.15, 0.2) is 71.9 Å². The van der Waals surface area contributed by atoms with Gasteiger partial charge in [0.25, 0.3) is 0 Å². The van der Waals surface area contributed by atoms with Crippen LogP contribution in [-0.2, 0) is 4.74 Å². The second-order valence-electron chi connectivity index (χ2n) is 8.36. The predicted molar refractivity (Wildman–Crippen MR) is 143 cm³/mol. The summed E-state index contributed by atoms with van der Waals surface area (Å²) in [7, 11) is 0. The number of hydrogen-bond acceptors (Lipinski definition) is 6. The number of nitrogens with one attached hydrogen (secondary N) is 1. The van der Waals surface area contributed by atoms with Gasteiger partial charge in [-0.15, -0.1) is 12.6 Å². The molecular weight excluding hydrogens is 456 g/mol. The summed E-state index contributed by atoms with van der Waals surface area (Å²) < 4.78 is 5.37. The first-order valence-electron chi connectivity index (χ1n) is 11.5. The zero-order chi connectivity index (χ0) is 24.6. The number of aromatic nitrogens is 2. The van der Waals surface area contributed by atoms with Crippen LogP contribution in [0.2, 0.25) is 0 Å². The van der Waals surface area contributed by atoms with Gasteiger partial charge in [0.15, 0.2) is 0 Å². The van der Waals surface area contributed by atoms with Crippen molar-refractivity contribution >= 4 is 29.7 Å². The van der Waals surface area contributed by atoms with Gasteiger partial charge in [-0.1, -0.05) is 35.9 Å². The van der Waals surface area contributed by atoms with Gasteiger partial charge < -0.3 is 14.8 Å². The minimum absolute atomic E-state index is 0.00838. The summed E-state index contributed by atoms with van der Waals surface area (Å²) >= 11 is 4.13. The van der Waals surface area contributed by atoms with E-state index >= 15 is 0 Å². The molecule has 1 saturated heterocycles. The molecule has 4 aromatic rings. The predicted octanol–water partition coefficient (Wildman–Crippen LogP) is 5.44. The third kappa shape index (κ3) is 6.52. The van der Waals surface area contributed by atoms with Gasteiger partial charge >= 0.3 is 0 Å². The molecule has 0 spiro atoms. The van der Waals surface area contributed by atoms with Gasteiger partial charge in [-0.25, -0.2) is 4.98 Å². The Morgan fingerprint density at radius 3 is 2.66 bits per heavy atom. The minimum atomic E-state index is -0.00838. The topological polar surface area (TPSA) is 85.2 Å². The highest BCUT2D eigenvalue weighted by Crippen LogP contribution is 2.31. The van der Waals surface area contributed by atoms with E-state index in [1.165, 1.54) is 5.56 Å². The summed E-state index contributed by atoms with van der Waals surface area (Å²) in [6, 6.07) is 17.2. The Hall–Kier alpha value is -3.57. The van der Waals surface area contributed by atoms with Crippen molar-refractivity contribution in [1.82, 2.24) is 14.9 Å². The van der Waals surface area contributed by atoms with Crippen LogP contribution in [0, 0.1) is 18.3 Å². The molecule has 2 aromatic heterocycles. The monoisotopic (exact) mass is 484 g/mol. The van der Waals surface area contributed by atoms with E-state index in [4.69, 9.17) is 10.00 Å². The number of phenols is 1. The third-order valence-corrected chi connectivity index (χ3v) is 6.09. The number of benzene rings is 2. The van der Waals surface area contributed by atoms with Crippen molar-refractivity contribution in [2.24, 2.45) is 0 Å². The van der Waals surface area contributed by atoms with Gasteiger partial charge in [-0.2, -0.15) is 5.26 Å². The highest BCUT2D eigenvalue weighted by atomic mass is 32.1. The third-order valence-electron chi connectivity index (χ3n) is 5.79. The van der Waals surface area contributed by atoms with Crippen molar-refractivity contribution < 1.29 is 9.84 Å². The molecule has 0 saturated carbocycles. The maximum atomic E-state index is 9.73. The Balaban J connectivity index is 0.000000308. The fraction of sp³-hybridized carbons (Fsp3) is 0.214. The SMILES string of the molecule is Cc1ccc(S)cc1.N#Cc1cc(-c2c[nH]c3ncc(/C=C/CN4CCOCC4)cc23)ccc1O. The van der Waals surface area contributed by atoms with Gasteiger partial charge in [0.05, 0.1) is 18.8 Å². The molecule has 0 unspecified atom stereocenters. The van der Waals surface area contributed by atoms with Crippen LogP contribution in [0.3, 0.4) is 0 Å². The van der Waals surface area contributed by atoms with Crippen molar-refractivity contribution in [3.8, 4) is 22.9 Å². The number of aromatic amines is 1. The number of nitriles is 1. The first kappa shape index (κ1) is 24.6. The summed E-state index contributed by atoms with van der Waals surface area (Å²) in [6.45, 7) is 6.48. The molecular formula is C28H28N4O2S. The number of aryl methyl sites for hydroxylation is 1. The highest BCUT2D eigenvalue weighted by molar-refractivity contribution is 7.80. The lowest BCUT2D eigenvalue weighted by atomic mass is 10.0. The number of morpholine rings is 1. The molecule has 3 heterocycles. The molecule has 2 aromatic carbocycles. The van der Waals surface area contributed by atoms with E-state index in [1.807, 2.05) is 42.7 Å². The minimum Gasteiger partial charge on any atom is -0.507 e. The maximum Gasteiger partial charge on any atom is 0.137 e. The second-order valence-corrected chi connectivity index (χ2v) is 8.88. The molecule has 178 valence electrons. The molecule has 2 N–H and O–H groups in total. The van der Waals surface area contributed by atoms with Crippen LogP contribution >= 0.6 is 12.6 Å². The number of aromatic hydroxyl groups is 1. The molecule has 1 aliphatic heterocycles. The Morgan fingerprint density at radius 1 is 1.17 bits per heavy atom. The van der Waals surface area contributed by atoms with Crippen LogP contribution in [0.25, 0.3) is 28.2 Å². The van der Waals surface area contributed by atoms with E-state index in [0.29, 0.717) is 0 Å². The summed E-state index contributed by atoms with van der Waals surface area (Å²) in [5.41, 5.74) is 5.18. The van der Waals surface area contributed by atoms with Crippen LogP contribution in [0.1, 0.15) is 16.7 Å². The van der Waals surface area contributed by atoms with Gasteiger partial charge in [-0.05, 0) is 48.4 Å². The number of ether oxygens (including phenoxy) is 1. The van der Waals surface area contributed by atoms with Crippen LogP contribution in [0.5, 0.6) is 5.75 Å². The molecule has 0 atom stereocenters. The first-order chi connectivity index (χ1) is 17.0. The molecule has 35 heavy (non-hydrogen) atoms. The van der Waals surface area contributed by atoms with Crippen molar-refractivity contribution in [3.05, 3.63) is 83.7 Å². The lowest BCUT2D eigenvalue weighted by Gasteiger charge is -2.25. The number of rotatable bonds is 4. The van der Waals surface area contributed by atoms with E-state index in [1.54, 1.807) is 18.2 Å². The molecule has 0 amide bonds. The average Bonchev–Trinajstić information content (AvgIpc) is 3.30. The van der Waals surface area contributed by atoms with Crippen LogP contribution < -0.4 is 0 Å². The summed E-state index contributed by atoms with van der Waals surface area (Å²) in [5.74, 6) is -0.00838. The molecule has 5 rings (SSSR count). The summed E-state index contributed by atoms with van der Waals surface area (Å²) in [4.78, 5) is 11.0. The number of pyridine rings is 1.